The summed E-state index contributed by atoms with van der Waals surface area (Å²) in [7, 11) is 0. The lowest BCUT2D eigenvalue weighted by atomic mass is 9.81. The van der Waals surface area contributed by atoms with Gasteiger partial charge in [-0.3, -0.25) is 14.5 Å². The van der Waals surface area contributed by atoms with E-state index in [-0.39, 0.29) is 23.7 Å². The second kappa shape index (κ2) is 4.80. The van der Waals surface area contributed by atoms with Gasteiger partial charge in [0.25, 0.3) is 0 Å². The Morgan fingerprint density at radius 3 is 2.05 bits per heavy atom. The van der Waals surface area contributed by atoms with Crippen molar-refractivity contribution in [1.29, 1.82) is 0 Å². The summed E-state index contributed by atoms with van der Waals surface area (Å²) in [5.74, 6) is 0.587. The molecule has 0 spiro atoms. The van der Waals surface area contributed by atoms with Crippen molar-refractivity contribution in [3.05, 3.63) is 47.0 Å². The largest absolute Gasteiger partial charge is 0.278 e. The molecule has 0 aromatic heterocycles. The van der Waals surface area contributed by atoms with E-state index in [0.717, 1.165) is 18.4 Å². The fraction of sp³-hybridized carbons (Fsp3) is 0.474. The minimum Gasteiger partial charge on any atom is -0.278 e. The SMILES string of the molecule is CC(C)=C1[C@H]2CC[C@@H]1[C@H]1C(=O)N(Cc3ccccc3)C(=O)[C@H]12. The van der Waals surface area contributed by atoms with E-state index in [9.17, 15) is 9.59 Å². The zero-order chi connectivity index (χ0) is 15.4. The summed E-state index contributed by atoms with van der Waals surface area (Å²) < 4.78 is 0. The number of hydrogen-bond acceptors (Lipinski definition) is 2. The van der Waals surface area contributed by atoms with E-state index in [1.807, 2.05) is 30.3 Å². The molecule has 4 rings (SSSR count). The van der Waals surface area contributed by atoms with Crippen LogP contribution in [0, 0.1) is 23.7 Å². The molecule has 2 saturated carbocycles. The molecule has 1 saturated heterocycles. The molecule has 2 bridgehead atoms. The highest BCUT2D eigenvalue weighted by atomic mass is 16.2. The van der Waals surface area contributed by atoms with E-state index in [1.165, 1.54) is 16.0 Å². The molecule has 1 aliphatic heterocycles. The molecule has 0 N–H and O–H groups in total. The van der Waals surface area contributed by atoms with Crippen LogP contribution < -0.4 is 0 Å². The topological polar surface area (TPSA) is 37.4 Å². The Kier molecular flexibility index (Phi) is 3.00. The second-order valence-corrected chi connectivity index (χ2v) is 7.05. The molecule has 1 aromatic rings. The highest BCUT2D eigenvalue weighted by molar-refractivity contribution is 6.06. The summed E-state index contributed by atoms with van der Waals surface area (Å²) in [5, 5.41) is 0. The number of fused-ring (bicyclic) bond motifs is 5. The summed E-state index contributed by atoms with van der Waals surface area (Å²) >= 11 is 0. The average Bonchev–Trinajstić information content (AvgIpc) is 3.14. The van der Waals surface area contributed by atoms with Crippen LogP contribution in [0.3, 0.4) is 0 Å². The quantitative estimate of drug-likeness (QED) is 0.621. The van der Waals surface area contributed by atoms with Gasteiger partial charge in [-0.15, -0.1) is 0 Å². The standard InChI is InChI=1S/C19H21NO2/c1-11(2)15-13-8-9-14(15)17-16(13)18(21)20(19(17)22)10-12-6-4-3-5-7-12/h3-7,13-14,16-17H,8-10H2,1-2H3/t13-,14+,16+,17-. The molecule has 0 radical (unpaired) electrons. The number of benzene rings is 1. The van der Waals surface area contributed by atoms with Gasteiger partial charge in [0.15, 0.2) is 0 Å². The Balaban J connectivity index is 1.65. The van der Waals surface area contributed by atoms with E-state index in [1.54, 1.807) is 0 Å². The normalized spacial score (nSPS) is 32.8. The van der Waals surface area contributed by atoms with Crippen LogP contribution in [0.5, 0.6) is 0 Å². The maximum Gasteiger partial charge on any atom is 0.234 e. The number of allylic oxidation sites excluding steroid dienone is 2. The van der Waals surface area contributed by atoms with Crippen molar-refractivity contribution in [3.8, 4) is 0 Å². The molecule has 0 unspecified atom stereocenters. The summed E-state index contributed by atoms with van der Waals surface area (Å²) in [4.78, 5) is 27.2. The van der Waals surface area contributed by atoms with Crippen molar-refractivity contribution in [2.45, 2.75) is 33.2 Å². The Labute approximate surface area is 131 Å². The van der Waals surface area contributed by atoms with E-state index >= 15 is 0 Å². The minimum absolute atomic E-state index is 0.0600. The third kappa shape index (κ3) is 1.74. The van der Waals surface area contributed by atoms with E-state index in [4.69, 9.17) is 0 Å². The van der Waals surface area contributed by atoms with Crippen molar-refractivity contribution < 1.29 is 9.59 Å². The molecule has 3 aliphatic rings. The zero-order valence-corrected chi connectivity index (χ0v) is 13.1. The van der Waals surface area contributed by atoms with Crippen LogP contribution in [0.4, 0.5) is 0 Å². The number of likely N-dealkylation sites (tertiary alicyclic amines) is 1. The molecule has 2 amide bonds. The molecule has 3 nitrogen and oxygen atoms in total. The van der Waals surface area contributed by atoms with Gasteiger partial charge in [-0.1, -0.05) is 41.5 Å². The molecule has 3 heteroatoms. The van der Waals surface area contributed by atoms with Crippen LogP contribution in [0.2, 0.25) is 0 Å². The lowest BCUT2D eigenvalue weighted by Crippen LogP contribution is -2.32. The molecule has 1 aromatic carbocycles. The van der Waals surface area contributed by atoms with Crippen molar-refractivity contribution >= 4 is 11.8 Å². The van der Waals surface area contributed by atoms with Gasteiger partial charge in [0.1, 0.15) is 0 Å². The van der Waals surface area contributed by atoms with Crippen molar-refractivity contribution in [1.82, 2.24) is 4.90 Å². The molecule has 22 heavy (non-hydrogen) atoms. The van der Waals surface area contributed by atoms with Crippen LogP contribution in [-0.2, 0) is 16.1 Å². The smallest absolute Gasteiger partial charge is 0.234 e. The number of carbonyl (C=O) groups excluding carboxylic acids is 2. The first-order valence-electron chi connectivity index (χ1n) is 8.16. The number of nitrogens with zero attached hydrogens (tertiary/aromatic N) is 1. The first-order valence-corrected chi connectivity index (χ1v) is 8.16. The lowest BCUT2D eigenvalue weighted by Gasteiger charge is -2.19. The molecular weight excluding hydrogens is 274 g/mol. The second-order valence-electron chi connectivity index (χ2n) is 7.05. The summed E-state index contributed by atoms with van der Waals surface area (Å²) in [6, 6.07) is 9.81. The number of rotatable bonds is 2. The van der Waals surface area contributed by atoms with Crippen LogP contribution in [0.1, 0.15) is 32.3 Å². The molecule has 1 heterocycles. The van der Waals surface area contributed by atoms with E-state index in [2.05, 4.69) is 13.8 Å². The molecule has 2 aliphatic carbocycles. The summed E-state index contributed by atoms with van der Waals surface area (Å²) in [5.41, 5.74) is 3.76. The first kappa shape index (κ1) is 13.7. The third-order valence-corrected chi connectivity index (χ3v) is 5.70. The van der Waals surface area contributed by atoms with Crippen molar-refractivity contribution in [3.63, 3.8) is 0 Å². The number of hydrogen-bond donors (Lipinski definition) is 0. The van der Waals surface area contributed by atoms with Crippen molar-refractivity contribution in [2.75, 3.05) is 0 Å². The van der Waals surface area contributed by atoms with Crippen LogP contribution in [0.25, 0.3) is 0 Å². The zero-order valence-electron chi connectivity index (χ0n) is 13.1. The van der Waals surface area contributed by atoms with Gasteiger partial charge < -0.3 is 0 Å². The Hall–Kier alpha value is -1.90. The van der Waals surface area contributed by atoms with Crippen molar-refractivity contribution in [2.24, 2.45) is 23.7 Å². The van der Waals surface area contributed by atoms with Crippen LogP contribution >= 0.6 is 0 Å². The highest BCUT2D eigenvalue weighted by Gasteiger charge is 2.63. The van der Waals surface area contributed by atoms with Gasteiger partial charge >= 0.3 is 0 Å². The van der Waals surface area contributed by atoms with Gasteiger partial charge in [0.2, 0.25) is 11.8 Å². The molecular formula is C19H21NO2. The van der Waals surface area contributed by atoms with Gasteiger partial charge in [0.05, 0.1) is 18.4 Å². The van der Waals surface area contributed by atoms with Crippen LogP contribution in [0.15, 0.2) is 41.5 Å². The monoisotopic (exact) mass is 295 g/mol. The number of imide groups is 1. The fourth-order valence-electron chi connectivity index (χ4n) is 4.97. The predicted octanol–water partition coefficient (Wildman–Crippen LogP) is 3.16. The number of carbonyl (C=O) groups is 2. The molecule has 114 valence electrons. The van der Waals surface area contributed by atoms with Gasteiger partial charge in [0, 0.05) is 0 Å². The van der Waals surface area contributed by atoms with E-state index in [0.29, 0.717) is 18.4 Å². The first-order chi connectivity index (χ1) is 10.6. The lowest BCUT2D eigenvalue weighted by molar-refractivity contribution is -0.141. The maximum atomic E-state index is 12.8. The van der Waals surface area contributed by atoms with Gasteiger partial charge in [-0.05, 0) is 44.1 Å². The fourth-order valence-corrected chi connectivity index (χ4v) is 4.97. The molecule has 3 fully saturated rings. The van der Waals surface area contributed by atoms with E-state index < -0.39 is 0 Å². The Morgan fingerprint density at radius 1 is 1.00 bits per heavy atom. The van der Waals surface area contributed by atoms with Gasteiger partial charge in [-0.25, -0.2) is 0 Å². The Morgan fingerprint density at radius 2 is 1.55 bits per heavy atom. The van der Waals surface area contributed by atoms with Crippen LogP contribution in [-0.4, -0.2) is 16.7 Å². The number of amides is 2. The summed E-state index contributed by atoms with van der Waals surface area (Å²) in [6.45, 7) is 4.67. The average molecular weight is 295 g/mol. The van der Waals surface area contributed by atoms with Gasteiger partial charge in [-0.2, -0.15) is 0 Å². The molecule has 4 atom stereocenters. The third-order valence-electron chi connectivity index (χ3n) is 5.70. The summed E-state index contributed by atoms with van der Waals surface area (Å²) in [6.07, 6.45) is 2.15. The minimum atomic E-state index is -0.0835. The maximum absolute atomic E-state index is 12.8. The Bertz CT molecular complexity index is 640. The predicted molar refractivity (Wildman–Crippen MR) is 83.6 cm³/mol. The highest BCUT2D eigenvalue weighted by Crippen LogP contribution is 2.60.